The van der Waals surface area contributed by atoms with Crippen molar-refractivity contribution in [1.82, 2.24) is 0 Å². The summed E-state index contributed by atoms with van der Waals surface area (Å²) in [6, 6.07) is 15.3. The number of hydrogen-bond donors (Lipinski definition) is 0. The standard InChI is InChI=1S/C28H26F4O6/c1-33-28-26(35-14-18-12-20(30)8-10-22(18)32)25(34-13-17-11-19(29)7-9-21(17)31)24-23(37-28)15-36-27(38-24)16-5-3-2-4-6-16/h2-12,23-28H,13-15H2,1H3/t23-,24-,25+,26-,27?,28+/m1/s1. The third-order valence-electron chi connectivity index (χ3n) is 6.47. The van der Waals surface area contributed by atoms with E-state index < -0.39 is 60.3 Å². The van der Waals surface area contributed by atoms with Crippen LogP contribution in [0.1, 0.15) is 23.0 Å². The Morgan fingerprint density at radius 2 is 1.37 bits per heavy atom. The van der Waals surface area contributed by atoms with Gasteiger partial charge in [0.15, 0.2) is 12.6 Å². The lowest BCUT2D eigenvalue weighted by atomic mass is 9.97. The van der Waals surface area contributed by atoms with Crippen LogP contribution < -0.4 is 0 Å². The zero-order valence-electron chi connectivity index (χ0n) is 20.4. The van der Waals surface area contributed by atoms with Gasteiger partial charge in [-0.25, -0.2) is 17.6 Å². The quantitative estimate of drug-likeness (QED) is 0.371. The summed E-state index contributed by atoms with van der Waals surface area (Å²) < 4.78 is 91.9. The lowest BCUT2D eigenvalue weighted by Gasteiger charge is -2.48. The zero-order chi connectivity index (χ0) is 26.6. The molecule has 1 unspecified atom stereocenters. The van der Waals surface area contributed by atoms with Gasteiger partial charge in [-0.3, -0.25) is 0 Å². The number of ether oxygens (including phenoxy) is 6. The molecule has 6 nitrogen and oxygen atoms in total. The molecule has 38 heavy (non-hydrogen) atoms. The molecular weight excluding hydrogens is 508 g/mol. The van der Waals surface area contributed by atoms with Crippen molar-refractivity contribution in [2.75, 3.05) is 13.7 Å². The van der Waals surface area contributed by atoms with Gasteiger partial charge in [-0.2, -0.15) is 0 Å². The molecule has 0 aromatic heterocycles. The van der Waals surface area contributed by atoms with Crippen LogP contribution in [0.4, 0.5) is 17.6 Å². The van der Waals surface area contributed by atoms with Crippen molar-refractivity contribution >= 4 is 0 Å². The van der Waals surface area contributed by atoms with Crippen LogP contribution in [0.5, 0.6) is 0 Å². The molecule has 0 aliphatic carbocycles. The van der Waals surface area contributed by atoms with Gasteiger partial charge >= 0.3 is 0 Å². The molecule has 2 fully saturated rings. The Kier molecular flexibility index (Phi) is 8.37. The molecule has 5 rings (SSSR count). The van der Waals surface area contributed by atoms with Crippen molar-refractivity contribution < 1.29 is 46.0 Å². The molecule has 0 saturated carbocycles. The third-order valence-corrected chi connectivity index (χ3v) is 6.47. The maximum absolute atomic E-state index is 14.4. The molecule has 0 N–H and O–H groups in total. The van der Waals surface area contributed by atoms with Gasteiger partial charge < -0.3 is 28.4 Å². The summed E-state index contributed by atoms with van der Waals surface area (Å²) in [4.78, 5) is 0. The van der Waals surface area contributed by atoms with Crippen LogP contribution in [-0.4, -0.2) is 44.4 Å². The lowest BCUT2D eigenvalue weighted by Crippen LogP contribution is -2.63. The molecule has 0 amide bonds. The van der Waals surface area contributed by atoms with Gasteiger partial charge in [0.1, 0.15) is 47.7 Å². The third kappa shape index (κ3) is 5.90. The maximum atomic E-state index is 14.4. The van der Waals surface area contributed by atoms with Gasteiger partial charge in [0, 0.05) is 23.8 Å². The lowest BCUT2D eigenvalue weighted by molar-refractivity contribution is -0.369. The van der Waals surface area contributed by atoms with Crippen LogP contribution in [0.3, 0.4) is 0 Å². The first-order valence-corrected chi connectivity index (χ1v) is 12.0. The predicted octanol–water partition coefficient (Wildman–Crippen LogP) is 5.20. The van der Waals surface area contributed by atoms with Gasteiger partial charge in [0.25, 0.3) is 0 Å². The fourth-order valence-electron chi connectivity index (χ4n) is 4.56. The fraction of sp³-hybridized carbons (Fsp3) is 0.357. The maximum Gasteiger partial charge on any atom is 0.186 e. The summed E-state index contributed by atoms with van der Waals surface area (Å²) in [6.45, 7) is -0.520. The van der Waals surface area contributed by atoms with E-state index in [1.165, 1.54) is 7.11 Å². The van der Waals surface area contributed by atoms with Crippen molar-refractivity contribution in [3.05, 3.63) is 107 Å². The van der Waals surface area contributed by atoms with Crippen molar-refractivity contribution in [3.63, 3.8) is 0 Å². The van der Waals surface area contributed by atoms with Crippen molar-refractivity contribution in [2.45, 2.75) is 50.2 Å². The summed E-state index contributed by atoms with van der Waals surface area (Å²) >= 11 is 0. The fourth-order valence-corrected chi connectivity index (χ4v) is 4.56. The van der Waals surface area contributed by atoms with Crippen LogP contribution in [0.15, 0.2) is 66.7 Å². The summed E-state index contributed by atoms with van der Waals surface area (Å²) in [7, 11) is 1.39. The van der Waals surface area contributed by atoms with Crippen LogP contribution in [0, 0.1) is 23.3 Å². The highest BCUT2D eigenvalue weighted by atomic mass is 19.1. The topological polar surface area (TPSA) is 55.4 Å². The van der Waals surface area contributed by atoms with Crippen LogP contribution in [0.25, 0.3) is 0 Å². The first-order chi connectivity index (χ1) is 18.4. The Balaban J connectivity index is 1.43. The minimum Gasteiger partial charge on any atom is -0.368 e. The van der Waals surface area contributed by atoms with Gasteiger partial charge in [-0.1, -0.05) is 30.3 Å². The Labute approximate surface area is 217 Å². The van der Waals surface area contributed by atoms with E-state index in [9.17, 15) is 17.6 Å². The average Bonchev–Trinajstić information content (AvgIpc) is 2.94. The molecule has 202 valence electrons. The SMILES string of the molecule is CO[C@H]1O[C@@H]2COC(c3ccccc3)O[C@H]2[C@H](OCc2cc(F)ccc2F)[C@H]1OCc1cc(F)ccc1F. The zero-order valence-corrected chi connectivity index (χ0v) is 20.4. The molecule has 10 heteroatoms. The molecule has 3 aromatic rings. The van der Waals surface area contributed by atoms with E-state index in [2.05, 4.69) is 0 Å². The summed E-state index contributed by atoms with van der Waals surface area (Å²) in [5, 5.41) is 0. The van der Waals surface area contributed by atoms with Crippen LogP contribution in [0.2, 0.25) is 0 Å². The normalized spacial score (nSPS) is 27.2. The van der Waals surface area contributed by atoms with E-state index in [0.29, 0.717) is 0 Å². The van der Waals surface area contributed by atoms with Crippen LogP contribution in [-0.2, 0) is 41.6 Å². The number of rotatable bonds is 8. The molecule has 2 aliphatic rings. The number of benzene rings is 3. The van der Waals surface area contributed by atoms with Gasteiger partial charge in [-0.15, -0.1) is 0 Å². The predicted molar refractivity (Wildman–Crippen MR) is 126 cm³/mol. The molecule has 0 bridgehead atoms. The smallest absolute Gasteiger partial charge is 0.186 e. The number of hydrogen-bond acceptors (Lipinski definition) is 6. The highest BCUT2D eigenvalue weighted by Gasteiger charge is 2.51. The molecule has 0 spiro atoms. The average molecular weight is 535 g/mol. The second-order valence-corrected chi connectivity index (χ2v) is 8.98. The second-order valence-electron chi connectivity index (χ2n) is 8.98. The molecule has 6 atom stereocenters. The minimum absolute atomic E-state index is 0.0106. The molecular formula is C28H26F4O6. The summed E-state index contributed by atoms with van der Waals surface area (Å²) in [5.74, 6) is -2.54. The first kappa shape index (κ1) is 26.7. The van der Waals surface area contributed by atoms with Gasteiger partial charge in [0.2, 0.25) is 0 Å². The van der Waals surface area contributed by atoms with E-state index in [-0.39, 0.29) is 30.9 Å². The van der Waals surface area contributed by atoms with Crippen molar-refractivity contribution in [2.24, 2.45) is 0 Å². The Hall–Kier alpha value is -2.86. The largest absolute Gasteiger partial charge is 0.368 e. The molecule has 3 aromatic carbocycles. The highest BCUT2D eigenvalue weighted by molar-refractivity contribution is 5.20. The molecule has 2 heterocycles. The van der Waals surface area contributed by atoms with Gasteiger partial charge in [-0.05, 0) is 36.4 Å². The number of fused-ring (bicyclic) bond motifs is 1. The van der Waals surface area contributed by atoms with E-state index in [1.807, 2.05) is 30.3 Å². The van der Waals surface area contributed by atoms with E-state index in [4.69, 9.17) is 28.4 Å². The summed E-state index contributed by atoms with van der Waals surface area (Å²) in [6.07, 6.45) is -5.12. The van der Waals surface area contributed by atoms with Crippen LogP contribution >= 0.6 is 0 Å². The van der Waals surface area contributed by atoms with E-state index in [0.717, 1.165) is 42.0 Å². The Bertz CT molecular complexity index is 1230. The van der Waals surface area contributed by atoms with Crippen molar-refractivity contribution in [1.29, 1.82) is 0 Å². The Morgan fingerprint density at radius 3 is 1.97 bits per heavy atom. The minimum atomic E-state index is -1.00. The Morgan fingerprint density at radius 1 is 0.763 bits per heavy atom. The molecule has 0 radical (unpaired) electrons. The molecule has 2 saturated heterocycles. The van der Waals surface area contributed by atoms with E-state index in [1.54, 1.807) is 0 Å². The van der Waals surface area contributed by atoms with Crippen molar-refractivity contribution in [3.8, 4) is 0 Å². The highest BCUT2D eigenvalue weighted by Crippen LogP contribution is 2.37. The first-order valence-electron chi connectivity index (χ1n) is 12.0. The van der Waals surface area contributed by atoms with Gasteiger partial charge in [0.05, 0.1) is 19.8 Å². The monoisotopic (exact) mass is 534 g/mol. The summed E-state index contributed by atoms with van der Waals surface area (Å²) in [5.41, 5.74) is 0.726. The second kappa shape index (κ2) is 11.9. The molecule has 2 aliphatic heterocycles. The van der Waals surface area contributed by atoms with E-state index >= 15 is 0 Å². The number of methoxy groups -OCH3 is 1. The number of halogens is 4.